The van der Waals surface area contributed by atoms with Gasteiger partial charge in [0.05, 0.1) is 6.10 Å². The molecule has 1 saturated carbocycles. The van der Waals surface area contributed by atoms with E-state index in [0.717, 1.165) is 6.61 Å². The highest BCUT2D eigenvalue weighted by molar-refractivity contribution is 5.05. The number of hydrogen-bond acceptors (Lipinski definition) is 2. The molecular formula is C15H31NO. The molecule has 0 heterocycles. The van der Waals surface area contributed by atoms with Crippen LogP contribution in [-0.2, 0) is 4.74 Å². The summed E-state index contributed by atoms with van der Waals surface area (Å²) in [4.78, 5) is 0. The van der Waals surface area contributed by atoms with Crippen molar-refractivity contribution in [1.82, 2.24) is 5.32 Å². The zero-order chi connectivity index (χ0) is 13.1. The highest BCUT2D eigenvalue weighted by Crippen LogP contribution is 2.46. The minimum Gasteiger partial charge on any atom is -0.378 e. The van der Waals surface area contributed by atoms with Gasteiger partial charge in [0, 0.05) is 24.1 Å². The lowest BCUT2D eigenvalue weighted by molar-refractivity contribution is -0.129. The third kappa shape index (κ3) is 3.03. The highest BCUT2D eigenvalue weighted by atomic mass is 16.5. The normalized spacial score (nSPS) is 34.8. The minimum atomic E-state index is 0.332. The molecule has 4 unspecified atom stereocenters. The molecule has 0 aromatic heterocycles. The van der Waals surface area contributed by atoms with Crippen molar-refractivity contribution in [3.8, 4) is 0 Å². The molecule has 0 amide bonds. The molecule has 17 heavy (non-hydrogen) atoms. The lowest BCUT2D eigenvalue weighted by Crippen LogP contribution is -2.64. The summed E-state index contributed by atoms with van der Waals surface area (Å²) in [6, 6.07) is 1.28. The van der Waals surface area contributed by atoms with Gasteiger partial charge in [-0.25, -0.2) is 0 Å². The maximum Gasteiger partial charge on any atom is 0.0658 e. The molecule has 1 rings (SSSR count). The zero-order valence-electron chi connectivity index (χ0n) is 12.5. The fourth-order valence-electron chi connectivity index (χ4n) is 3.05. The number of nitrogens with one attached hydrogen (secondary N) is 1. The lowest BCUT2D eigenvalue weighted by Gasteiger charge is -2.55. The van der Waals surface area contributed by atoms with Gasteiger partial charge in [0.25, 0.3) is 0 Å². The van der Waals surface area contributed by atoms with E-state index < -0.39 is 0 Å². The number of rotatable bonds is 7. The van der Waals surface area contributed by atoms with Gasteiger partial charge in [0.1, 0.15) is 0 Å². The summed E-state index contributed by atoms with van der Waals surface area (Å²) < 4.78 is 5.85. The second-order valence-corrected chi connectivity index (χ2v) is 6.02. The predicted molar refractivity (Wildman–Crippen MR) is 74.3 cm³/mol. The molecule has 102 valence electrons. The zero-order valence-corrected chi connectivity index (χ0v) is 12.5. The summed E-state index contributed by atoms with van der Waals surface area (Å²) in [7, 11) is 0. The van der Waals surface area contributed by atoms with Crippen molar-refractivity contribution in [2.24, 2.45) is 11.3 Å². The second-order valence-electron chi connectivity index (χ2n) is 6.02. The first-order valence-electron chi connectivity index (χ1n) is 7.37. The van der Waals surface area contributed by atoms with E-state index in [0.29, 0.717) is 29.5 Å². The summed E-state index contributed by atoms with van der Waals surface area (Å²) in [5.41, 5.74) is 0.332. The number of hydrogen-bond donors (Lipinski definition) is 1. The molecule has 1 N–H and O–H groups in total. The molecule has 2 nitrogen and oxygen atoms in total. The van der Waals surface area contributed by atoms with Crippen molar-refractivity contribution >= 4 is 0 Å². The fraction of sp³-hybridized carbons (Fsp3) is 1.00. The summed E-state index contributed by atoms with van der Waals surface area (Å²) in [6.45, 7) is 14.5. The second kappa shape index (κ2) is 6.19. The van der Waals surface area contributed by atoms with Crippen LogP contribution < -0.4 is 5.32 Å². The Morgan fingerprint density at radius 3 is 2.35 bits per heavy atom. The van der Waals surface area contributed by atoms with Gasteiger partial charge >= 0.3 is 0 Å². The molecule has 2 heteroatoms. The Morgan fingerprint density at radius 2 is 1.94 bits per heavy atom. The molecular weight excluding hydrogens is 210 g/mol. The van der Waals surface area contributed by atoms with Gasteiger partial charge in [-0.1, -0.05) is 34.6 Å². The summed E-state index contributed by atoms with van der Waals surface area (Å²) in [5, 5.41) is 3.85. The van der Waals surface area contributed by atoms with Crippen LogP contribution >= 0.6 is 0 Å². The molecule has 1 fully saturated rings. The van der Waals surface area contributed by atoms with Crippen LogP contribution in [-0.4, -0.2) is 24.8 Å². The fourth-order valence-corrected chi connectivity index (χ4v) is 3.05. The summed E-state index contributed by atoms with van der Waals surface area (Å²) in [6.07, 6.45) is 4.05. The Morgan fingerprint density at radius 1 is 1.29 bits per heavy atom. The molecule has 0 aromatic rings. The Balaban J connectivity index is 2.56. The highest BCUT2D eigenvalue weighted by Gasteiger charge is 2.51. The molecule has 4 atom stereocenters. The van der Waals surface area contributed by atoms with E-state index in [4.69, 9.17) is 4.74 Å². The van der Waals surface area contributed by atoms with Crippen molar-refractivity contribution in [3.63, 3.8) is 0 Å². The Bertz CT molecular complexity index is 229. The van der Waals surface area contributed by atoms with Gasteiger partial charge in [0.2, 0.25) is 0 Å². The molecule has 0 radical (unpaired) electrons. The number of ether oxygens (including phenoxy) is 1. The van der Waals surface area contributed by atoms with Crippen molar-refractivity contribution < 1.29 is 4.74 Å². The molecule has 1 aliphatic carbocycles. The van der Waals surface area contributed by atoms with Crippen molar-refractivity contribution in [2.45, 2.75) is 79.0 Å². The maximum atomic E-state index is 5.85. The van der Waals surface area contributed by atoms with Gasteiger partial charge in [0.15, 0.2) is 0 Å². The Kier molecular flexibility index (Phi) is 5.46. The van der Waals surface area contributed by atoms with Crippen molar-refractivity contribution in [1.29, 1.82) is 0 Å². The monoisotopic (exact) mass is 241 g/mol. The average molecular weight is 241 g/mol. The Hall–Kier alpha value is -0.0800. The van der Waals surface area contributed by atoms with Crippen LogP contribution in [0.15, 0.2) is 0 Å². The van der Waals surface area contributed by atoms with Gasteiger partial charge in [-0.05, 0) is 32.1 Å². The molecule has 0 bridgehead atoms. The van der Waals surface area contributed by atoms with E-state index in [-0.39, 0.29) is 0 Å². The van der Waals surface area contributed by atoms with E-state index in [1.165, 1.54) is 19.3 Å². The van der Waals surface area contributed by atoms with Crippen LogP contribution in [0.1, 0.15) is 60.8 Å². The van der Waals surface area contributed by atoms with E-state index in [1.807, 2.05) is 0 Å². The minimum absolute atomic E-state index is 0.332. The van der Waals surface area contributed by atoms with Crippen LogP contribution in [0.4, 0.5) is 0 Å². The van der Waals surface area contributed by atoms with E-state index in [2.05, 4.69) is 46.9 Å². The largest absolute Gasteiger partial charge is 0.378 e. The first-order chi connectivity index (χ1) is 7.99. The van der Waals surface area contributed by atoms with E-state index in [9.17, 15) is 0 Å². The predicted octanol–water partition coefficient (Wildman–Crippen LogP) is 3.60. The van der Waals surface area contributed by atoms with Crippen molar-refractivity contribution in [3.05, 3.63) is 0 Å². The quantitative estimate of drug-likeness (QED) is 0.735. The summed E-state index contributed by atoms with van der Waals surface area (Å²) in [5.74, 6) is 0.715. The van der Waals surface area contributed by atoms with E-state index in [1.54, 1.807) is 0 Å². The van der Waals surface area contributed by atoms with Crippen LogP contribution in [0.25, 0.3) is 0 Å². The van der Waals surface area contributed by atoms with E-state index >= 15 is 0 Å². The van der Waals surface area contributed by atoms with Gasteiger partial charge in [-0.15, -0.1) is 0 Å². The Labute approximate surface area is 108 Å². The van der Waals surface area contributed by atoms with Crippen molar-refractivity contribution in [2.75, 3.05) is 6.61 Å². The van der Waals surface area contributed by atoms with Crippen LogP contribution in [0.3, 0.4) is 0 Å². The SMILES string of the molecule is CCOC1CC(NC(CC)C(C)C)C1(C)CC. The first kappa shape index (κ1) is 15.0. The molecule has 0 spiro atoms. The average Bonchev–Trinajstić information content (AvgIpc) is 2.31. The van der Waals surface area contributed by atoms with Gasteiger partial charge in [-0.2, -0.15) is 0 Å². The molecule has 0 aromatic carbocycles. The third-order valence-electron chi connectivity index (χ3n) is 4.77. The smallest absolute Gasteiger partial charge is 0.0658 e. The van der Waals surface area contributed by atoms with Gasteiger partial charge in [-0.3, -0.25) is 0 Å². The van der Waals surface area contributed by atoms with Gasteiger partial charge < -0.3 is 10.1 Å². The lowest BCUT2D eigenvalue weighted by atomic mass is 9.61. The topological polar surface area (TPSA) is 21.3 Å². The van der Waals surface area contributed by atoms with Crippen LogP contribution in [0.2, 0.25) is 0 Å². The standard InChI is InChI=1S/C15H31NO/c1-7-12(11(4)5)16-13-10-14(17-9-3)15(13,6)8-2/h11-14,16H,7-10H2,1-6H3. The molecule has 0 saturated heterocycles. The summed E-state index contributed by atoms with van der Waals surface area (Å²) >= 11 is 0. The molecule has 0 aliphatic heterocycles. The third-order valence-corrected chi connectivity index (χ3v) is 4.77. The molecule has 1 aliphatic rings. The first-order valence-corrected chi connectivity index (χ1v) is 7.37. The van der Waals surface area contributed by atoms with Crippen LogP contribution in [0.5, 0.6) is 0 Å². The van der Waals surface area contributed by atoms with Crippen LogP contribution in [0, 0.1) is 11.3 Å². The maximum absolute atomic E-state index is 5.85.